The molecule has 1 aliphatic rings. The average molecular weight is 502 g/mol. The number of nitrogens with one attached hydrogen (secondary N) is 3. The molecule has 0 aliphatic heterocycles. The molecule has 28 heavy (non-hydrogen) atoms. The zero-order chi connectivity index (χ0) is 19.6. The highest BCUT2D eigenvalue weighted by Gasteiger charge is 2.28. The Kier molecular flexibility index (Phi) is 11.4. The minimum atomic E-state index is 0. The molecule has 6 nitrogen and oxygen atoms in total. The first kappa shape index (κ1) is 24.7. The molecule has 158 valence electrons. The van der Waals surface area contributed by atoms with Crippen molar-refractivity contribution < 1.29 is 9.90 Å². The molecule has 0 aromatic heterocycles. The Balaban J connectivity index is 0.00000392. The van der Waals surface area contributed by atoms with Crippen molar-refractivity contribution in [3.8, 4) is 0 Å². The molecule has 1 aliphatic carbocycles. The van der Waals surface area contributed by atoms with Crippen LogP contribution in [0.25, 0.3) is 0 Å². The standard InChI is InChI=1S/C21H34N4O2.HI/c1-4-22-21(23-13-17-8-5-6-9-18(17)14-26)25-19-11-7-10-16(12-19)20(27)24-15(2)3;/h5-6,8-9,15-16,19,26H,4,7,10-14H2,1-3H3,(H,24,27)(H2,22,23,25);1H. The summed E-state index contributed by atoms with van der Waals surface area (Å²) < 4.78 is 0. The summed E-state index contributed by atoms with van der Waals surface area (Å²) in [5.41, 5.74) is 1.93. The third-order valence-corrected chi connectivity index (χ3v) is 4.86. The first-order valence-electron chi connectivity index (χ1n) is 10.1. The largest absolute Gasteiger partial charge is 0.392 e. The van der Waals surface area contributed by atoms with Gasteiger partial charge in [-0.05, 0) is 51.2 Å². The molecule has 0 spiro atoms. The molecule has 1 amide bonds. The summed E-state index contributed by atoms with van der Waals surface area (Å²) >= 11 is 0. The summed E-state index contributed by atoms with van der Waals surface area (Å²) in [4.78, 5) is 17.0. The third kappa shape index (κ3) is 7.95. The summed E-state index contributed by atoms with van der Waals surface area (Å²) in [5, 5.41) is 19.3. The van der Waals surface area contributed by atoms with Gasteiger partial charge in [-0.1, -0.05) is 30.7 Å². The van der Waals surface area contributed by atoms with Crippen molar-refractivity contribution in [2.45, 2.75) is 71.7 Å². The smallest absolute Gasteiger partial charge is 0.223 e. The van der Waals surface area contributed by atoms with Crippen molar-refractivity contribution in [1.82, 2.24) is 16.0 Å². The first-order valence-corrected chi connectivity index (χ1v) is 10.1. The van der Waals surface area contributed by atoms with E-state index in [1.807, 2.05) is 45.0 Å². The number of aliphatic hydroxyl groups is 1. The normalized spacial score (nSPS) is 19.7. The minimum Gasteiger partial charge on any atom is -0.392 e. The zero-order valence-corrected chi connectivity index (χ0v) is 19.5. The van der Waals surface area contributed by atoms with Crippen LogP contribution in [0.1, 0.15) is 57.6 Å². The van der Waals surface area contributed by atoms with Crippen LogP contribution in [0, 0.1) is 5.92 Å². The SMILES string of the molecule is CCNC(=NCc1ccccc1CO)NC1CCCC(C(=O)NC(C)C)C1.I. The second-order valence-electron chi connectivity index (χ2n) is 7.49. The van der Waals surface area contributed by atoms with Gasteiger partial charge < -0.3 is 21.1 Å². The molecule has 4 N–H and O–H groups in total. The van der Waals surface area contributed by atoms with Gasteiger partial charge in [-0.2, -0.15) is 0 Å². The lowest BCUT2D eigenvalue weighted by Gasteiger charge is -2.30. The van der Waals surface area contributed by atoms with E-state index in [0.29, 0.717) is 6.54 Å². The van der Waals surface area contributed by atoms with Crippen LogP contribution in [0.4, 0.5) is 0 Å². The second kappa shape index (κ2) is 13.0. The van der Waals surface area contributed by atoms with Crippen molar-refractivity contribution in [3.05, 3.63) is 35.4 Å². The van der Waals surface area contributed by atoms with Crippen LogP contribution < -0.4 is 16.0 Å². The molecule has 1 saturated carbocycles. The number of carbonyl (C=O) groups is 1. The molecule has 1 aromatic rings. The van der Waals surface area contributed by atoms with E-state index in [-0.39, 0.29) is 54.5 Å². The average Bonchev–Trinajstić information content (AvgIpc) is 2.66. The maximum absolute atomic E-state index is 12.3. The van der Waals surface area contributed by atoms with Crippen molar-refractivity contribution in [3.63, 3.8) is 0 Å². The van der Waals surface area contributed by atoms with Crippen molar-refractivity contribution in [2.24, 2.45) is 10.9 Å². The van der Waals surface area contributed by atoms with E-state index in [4.69, 9.17) is 0 Å². The maximum atomic E-state index is 12.3. The Morgan fingerprint density at radius 3 is 2.61 bits per heavy atom. The summed E-state index contributed by atoms with van der Waals surface area (Å²) in [6.45, 7) is 7.34. The van der Waals surface area contributed by atoms with Gasteiger partial charge in [0.1, 0.15) is 0 Å². The van der Waals surface area contributed by atoms with E-state index >= 15 is 0 Å². The number of halogens is 1. The molecular formula is C21H35IN4O2. The molecule has 0 radical (unpaired) electrons. The van der Waals surface area contributed by atoms with E-state index in [1.165, 1.54) is 0 Å². The topological polar surface area (TPSA) is 85.8 Å². The van der Waals surface area contributed by atoms with Crippen LogP contribution in [-0.2, 0) is 17.9 Å². The quantitative estimate of drug-likeness (QED) is 0.263. The number of hydrogen-bond acceptors (Lipinski definition) is 3. The maximum Gasteiger partial charge on any atom is 0.223 e. The third-order valence-electron chi connectivity index (χ3n) is 4.86. The number of amides is 1. The monoisotopic (exact) mass is 502 g/mol. The molecule has 1 aromatic carbocycles. The van der Waals surface area contributed by atoms with E-state index in [2.05, 4.69) is 20.9 Å². The van der Waals surface area contributed by atoms with Gasteiger partial charge in [0.15, 0.2) is 5.96 Å². The number of aliphatic imine (C=N–C) groups is 1. The highest BCUT2D eigenvalue weighted by atomic mass is 127. The first-order chi connectivity index (χ1) is 13.0. The van der Waals surface area contributed by atoms with Gasteiger partial charge in [-0.3, -0.25) is 4.79 Å². The molecule has 7 heteroatoms. The van der Waals surface area contributed by atoms with Gasteiger partial charge in [-0.25, -0.2) is 4.99 Å². The number of aliphatic hydroxyl groups excluding tert-OH is 1. The van der Waals surface area contributed by atoms with Gasteiger partial charge in [-0.15, -0.1) is 24.0 Å². The predicted molar refractivity (Wildman–Crippen MR) is 125 cm³/mol. The lowest BCUT2D eigenvalue weighted by molar-refractivity contribution is -0.126. The summed E-state index contributed by atoms with van der Waals surface area (Å²) in [6.07, 6.45) is 3.87. The van der Waals surface area contributed by atoms with E-state index in [9.17, 15) is 9.90 Å². The van der Waals surface area contributed by atoms with Crippen LogP contribution in [-0.4, -0.2) is 35.6 Å². The Morgan fingerprint density at radius 1 is 1.25 bits per heavy atom. The fourth-order valence-electron chi connectivity index (χ4n) is 3.50. The van der Waals surface area contributed by atoms with Gasteiger partial charge in [0.25, 0.3) is 0 Å². The molecule has 2 unspecified atom stereocenters. The number of hydrogen-bond donors (Lipinski definition) is 4. The number of rotatable bonds is 7. The number of guanidine groups is 1. The molecule has 2 atom stereocenters. The number of carbonyl (C=O) groups excluding carboxylic acids is 1. The molecule has 2 rings (SSSR count). The van der Waals surface area contributed by atoms with Crippen LogP contribution in [0.2, 0.25) is 0 Å². The van der Waals surface area contributed by atoms with E-state index < -0.39 is 0 Å². The summed E-state index contributed by atoms with van der Waals surface area (Å²) in [5.74, 6) is 0.993. The second-order valence-corrected chi connectivity index (χ2v) is 7.49. The summed E-state index contributed by atoms with van der Waals surface area (Å²) in [7, 11) is 0. The predicted octanol–water partition coefficient (Wildman–Crippen LogP) is 2.94. The minimum absolute atomic E-state index is 0. The highest BCUT2D eigenvalue weighted by Crippen LogP contribution is 2.24. The van der Waals surface area contributed by atoms with Crippen LogP contribution in [0.15, 0.2) is 29.3 Å². The molecular weight excluding hydrogens is 467 g/mol. The lowest BCUT2D eigenvalue weighted by Crippen LogP contribution is -2.47. The fraction of sp³-hybridized carbons (Fsp3) is 0.619. The fourth-order valence-corrected chi connectivity index (χ4v) is 3.50. The Bertz CT molecular complexity index is 637. The van der Waals surface area contributed by atoms with Gasteiger partial charge >= 0.3 is 0 Å². The molecule has 1 fully saturated rings. The Labute approximate surface area is 186 Å². The van der Waals surface area contributed by atoms with Crippen molar-refractivity contribution >= 4 is 35.8 Å². The van der Waals surface area contributed by atoms with Crippen LogP contribution in [0.3, 0.4) is 0 Å². The van der Waals surface area contributed by atoms with E-state index in [1.54, 1.807) is 0 Å². The highest BCUT2D eigenvalue weighted by molar-refractivity contribution is 14.0. The van der Waals surface area contributed by atoms with E-state index in [0.717, 1.165) is 49.3 Å². The van der Waals surface area contributed by atoms with Crippen LogP contribution in [0.5, 0.6) is 0 Å². The lowest BCUT2D eigenvalue weighted by atomic mass is 9.85. The Morgan fingerprint density at radius 2 is 1.96 bits per heavy atom. The van der Waals surface area contributed by atoms with Crippen molar-refractivity contribution in [2.75, 3.05) is 6.54 Å². The van der Waals surface area contributed by atoms with Gasteiger partial charge in [0.2, 0.25) is 5.91 Å². The Hall–Kier alpha value is -1.35. The molecule has 0 bridgehead atoms. The van der Waals surface area contributed by atoms with Gasteiger partial charge in [0.05, 0.1) is 13.2 Å². The summed E-state index contributed by atoms with van der Waals surface area (Å²) in [6, 6.07) is 8.22. The molecule has 0 heterocycles. The molecule has 0 saturated heterocycles. The van der Waals surface area contributed by atoms with Crippen LogP contribution >= 0.6 is 24.0 Å². The van der Waals surface area contributed by atoms with Crippen molar-refractivity contribution in [1.29, 1.82) is 0 Å². The van der Waals surface area contributed by atoms with Gasteiger partial charge in [0, 0.05) is 24.5 Å². The number of benzene rings is 1. The zero-order valence-electron chi connectivity index (χ0n) is 17.2. The number of nitrogens with zero attached hydrogens (tertiary/aromatic N) is 1.